The summed E-state index contributed by atoms with van der Waals surface area (Å²) in [4.78, 5) is 11.5. The summed E-state index contributed by atoms with van der Waals surface area (Å²) in [5.41, 5.74) is 6.41. The number of carbonyl (C=O) groups excluding carboxylic acids is 1. The Morgan fingerprint density at radius 1 is 1.11 bits per heavy atom. The molecule has 0 aliphatic heterocycles. The van der Waals surface area contributed by atoms with Crippen LogP contribution in [0.25, 0.3) is 0 Å². The van der Waals surface area contributed by atoms with E-state index in [1.807, 2.05) is 24.3 Å². The molecule has 18 heavy (non-hydrogen) atoms. The van der Waals surface area contributed by atoms with Gasteiger partial charge in [0.05, 0.1) is 0 Å². The molecule has 0 bridgehead atoms. The molecule has 1 aromatic rings. The number of nitrogens with two attached hydrogens (primary N) is 1. The van der Waals surface area contributed by atoms with Crippen molar-refractivity contribution in [3.63, 3.8) is 0 Å². The zero-order valence-corrected chi connectivity index (χ0v) is 12.1. The summed E-state index contributed by atoms with van der Waals surface area (Å²) in [5.74, 6) is -0.120. The Kier molecular flexibility index (Phi) is 7.69. The number of halogens is 1. The van der Waals surface area contributed by atoms with Gasteiger partial charge in [0.15, 0.2) is 0 Å². The first kappa shape index (κ1) is 15.2. The summed E-state index contributed by atoms with van der Waals surface area (Å²) < 4.78 is 6.22. The molecular formula is C14H20BrNO2. The van der Waals surface area contributed by atoms with Gasteiger partial charge in [0.2, 0.25) is 0 Å². The van der Waals surface area contributed by atoms with E-state index >= 15 is 0 Å². The number of unbranched alkanes of at least 4 members (excludes halogenated alkanes) is 3. The third-order valence-electron chi connectivity index (χ3n) is 2.65. The van der Waals surface area contributed by atoms with Crippen molar-refractivity contribution in [2.75, 3.05) is 6.54 Å². The minimum absolute atomic E-state index is 0.120. The fourth-order valence-electron chi connectivity index (χ4n) is 1.58. The van der Waals surface area contributed by atoms with Gasteiger partial charge in [-0.25, -0.2) is 0 Å². The maximum absolute atomic E-state index is 11.5. The molecule has 0 saturated carbocycles. The van der Waals surface area contributed by atoms with Crippen molar-refractivity contribution in [3.8, 4) is 0 Å². The highest BCUT2D eigenvalue weighted by molar-refractivity contribution is 9.10. The summed E-state index contributed by atoms with van der Waals surface area (Å²) in [6.45, 7) is 1.09. The van der Waals surface area contributed by atoms with Crippen LogP contribution >= 0.6 is 15.9 Å². The molecule has 1 rings (SSSR count). The normalized spacial score (nSPS) is 10.3. The summed E-state index contributed by atoms with van der Waals surface area (Å²) in [7, 11) is 0. The first-order chi connectivity index (χ1) is 8.72. The average molecular weight is 314 g/mol. The molecule has 0 aliphatic rings. The van der Waals surface area contributed by atoms with Crippen molar-refractivity contribution in [2.45, 2.75) is 38.7 Å². The zero-order valence-electron chi connectivity index (χ0n) is 10.5. The number of rotatable bonds is 8. The molecule has 3 nitrogen and oxygen atoms in total. The van der Waals surface area contributed by atoms with Crippen LogP contribution in [0, 0.1) is 0 Å². The van der Waals surface area contributed by atoms with E-state index in [9.17, 15) is 4.79 Å². The fourth-order valence-corrected chi connectivity index (χ4v) is 1.85. The molecule has 2 N–H and O–H groups in total. The fraction of sp³-hybridized carbons (Fsp3) is 0.500. The van der Waals surface area contributed by atoms with Gasteiger partial charge in [-0.15, -0.1) is 0 Å². The molecule has 0 fully saturated rings. The topological polar surface area (TPSA) is 52.3 Å². The second-order valence-corrected chi connectivity index (χ2v) is 5.16. The number of esters is 1. The molecule has 100 valence electrons. The summed E-state index contributed by atoms with van der Waals surface area (Å²) in [5, 5.41) is 0. The minimum atomic E-state index is -0.120. The van der Waals surface area contributed by atoms with E-state index in [0.717, 1.165) is 42.3 Å². The van der Waals surface area contributed by atoms with Crippen LogP contribution in [-0.2, 0) is 16.1 Å². The van der Waals surface area contributed by atoms with E-state index in [2.05, 4.69) is 15.9 Å². The lowest BCUT2D eigenvalue weighted by molar-refractivity contribution is -0.145. The van der Waals surface area contributed by atoms with Crippen molar-refractivity contribution in [1.82, 2.24) is 0 Å². The summed E-state index contributed by atoms with van der Waals surface area (Å²) >= 11 is 3.36. The van der Waals surface area contributed by atoms with Gasteiger partial charge in [0.1, 0.15) is 6.61 Å². The largest absolute Gasteiger partial charge is 0.461 e. The maximum atomic E-state index is 11.5. The Hall–Kier alpha value is -0.870. The number of carbonyl (C=O) groups is 1. The van der Waals surface area contributed by atoms with Gasteiger partial charge in [0, 0.05) is 10.9 Å². The third kappa shape index (κ3) is 6.77. The van der Waals surface area contributed by atoms with E-state index in [1.165, 1.54) is 0 Å². The van der Waals surface area contributed by atoms with Crippen molar-refractivity contribution < 1.29 is 9.53 Å². The van der Waals surface area contributed by atoms with Crippen LogP contribution in [0.3, 0.4) is 0 Å². The Balaban J connectivity index is 2.11. The molecule has 0 aromatic heterocycles. The molecular weight excluding hydrogens is 294 g/mol. The highest BCUT2D eigenvalue weighted by Gasteiger charge is 2.03. The molecule has 0 heterocycles. The highest BCUT2D eigenvalue weighted by atomic mass is 79.9. The maximum Gasteiger partial charge on any atom is 0.306 e. The second-order valence-electron chi connectivity index (χ2n) is 4.24. The minimum Gasteiger partial charge on any atom is -0.461 e. The standard InChI is InChI=1S/C14H20BrNO2/c15-13-8-6-12(7-9-13)11-18-14(17)5-3-1-2-4-10-16/h6-9H,1-5,10-11,16H2. The van der Waals surface area contributed by atoms with Crippen molar-refractivity contribution in [1.29, 1.82) is 0 Å². The van der Waals surface area contributed by atoms with Crippen molar-refractivity contribution in [2.24, 2.45) is 5.73 Å². The number of hydrogen-bond donors (Lipinski definition) is 1. The van der Waals surface area contributed by atoms with Gasteiger partial charge < -0.3 is 10.5 Å². The van der Waals surface area contributed by atoms with Gasteiger partial charge in [-0.2, -0.15) is 0 Å². The first-order valence-electron chi connectivity index (χ1n) is 6.32. The van der Waals surface area contributed by atoms with Crippen LogP contribution in [0.1, 0.15) is 37.7 Å². The van der Waals surface area contributed by atoms with Gasteiger partial charge in [0.25, 0.3) is 0 Å². The molecule has 0 aliphatic carbocycles. The Labute approximate surface area is 117 Å². The number of hydrogen-bond acceptors (Lipinski definition) is 3. The van der Waals surface area contributed by atoms with Crippen LogP contribution in [0.5, 0.6) is 0 Å². The van der Waals surface area contributed by atoms with Gasteiger partial charge in [-0.1, -0.05) is 40.9 Å². The predicted octanol–water partition coefficient (Wildman–Crippen LogP) is 3.40. The third-order valence-corrected chi connectivity index (χ3v) is 3.18. The average Bonchev–Trinajstić information content (AvgIpc) is 2.38. The number of ether oxygens (including phenoxy) is 1. The smallest absolute Gasteiger partial charge is 0.306 e. The van der Waals surface area contributed by atoms with Crippen LogP contribution in [0.2, 0.25) is 0 Å². The first-order valence-corrected chi connectivity index (χ1v) is 7.12. The summed E-state index contributed by atoms with van der Waals surface area (Å²) in [6.07, 6.45) is 4.56. The highest BCUT2D eigenvalue weighted by Crippen LogP contribution is 2.11. The Morgan fingerprint density at radius 2 is 1.78 bits per heavy atom. The van der Waals surface area contributed by atoms with E-state index in [0.29, 0.717) is 13.0 Å². The van der Waals surface area contributed by atoms with Crippen molar-refractivity contribution >= 4 is 21.9 Å². The molecule has 0 saturated heterocycles. The van der Waals surface area contributed by atoms with Crippen molar-refractivity contribution in [3.05, 3.63) is 34.3 Å². The quantitative estimate of drug-likeness (QED) is 0.591. The summed E-state index contributed by atoms with van der Waals surface area (Å²) in [6, 6.07) is 7.77. The van der Waals surface area contributed by atoms with Crippen LogP contribution < -0.4 is 5.73 Å². The van der Waals surface area contributed by atoms with Crippen LogP contribution in [0.4, 0.5) is 0 Å². The van der Waals surface area contributed by atoms with Gasteiger partial charge in [-0.05, 0) is 37.1 Å². The SMILES string of the molecule is NCCCCCCC(=O)OCc1ccc(Br)cc1. The monoisotopic (exact) mass is 313 g/mol. The van der Waals surface area contributed by atoms with E-state index < -0.39 is 0 Å². The lowest BCUT2D eigenvalue weighted by Gasteiger charge is -2.05. The molecule has 0 unspecified atom stereocenters. The molecule has 0 spiro atoms. The Bertz CT molecular complexity index is 351. The predicted molar refractivity (Wildman–Crippen MR) is 76.1 cm³/mol. The van der Waals surface area contributed by atoms with Gasteiger partial charge in [-0.3, -0.25) is 4.79 Å². The van der Waals surface area contributed by atoms with Crippen LogP contribution in [0.15, 0.2) is 28.7 Å². The molecule has 1 aromatic carbocycles. The second kappa shape index (κ2) is 9.11. The number of benzene rings is 1. The van der Waals surface area contributed by atoms with Gasteiger partial charge >= 0.3 is 5.97 Å². The lowest BCUT2D eigenvalue weighted by Crippen LogP contribution is -2.04. The van der Waals surface area contributed by atoms with E-state index in [4.69, 9.17) is 10.5 Å². The van der Waals surface area contributed by atoms with E-state index in [-0.39, 0.29) is 5.97 Å². The molecule has 0 amide bonds. The molecule has 4 heteroatoms. The molecule has 0 atom stereocenters. The lowest BCUT2D eigenvalue weighted by atomic mass is 10.1. The zero-order chi connectivity index (χ0) is 13.2. The Morgan fingerprint density at radius 3 is 2.44 bits per heavy atom. The van der Waals surface area contributed by atoms with E-state index in [1.54, 1.807) is 0 Å². The molecule has 0 radical (unpaired) electrons. The van der Waals surface area contributed by atoms with Crippen LogP contribution in [-0.4, -0.2) is 12.5 Å².